The summed E-state index contributed by atoms with van der Waals surface area (Å²) in [4.78, 5) is 0. The van der Waals surface area contributed by atoms with Crippen LogP contribution in [-0.4, -0.2) is 0 Å². The van der Waals surface area contributed by atoms with Crippen LogP contribution in [-0.2, 0) is 0 Å². The van der Waals surface area contributed by atoms with E-state index in [1.165, 1.54) is 12.1 Å². The minimum absolute atomic E-state index is 0.0139. The van der Waals surface area contributed by atoms with E-state index in [0.29, 0.717) is 22.1 Å². The molecule has 0 saturated heterocycles. The van der Waals surface area contributed by atoms with Crippen LogP contribution in [0, 0.1) is 5.82 Å². The number of nitrogens with two attached hydrogens (primary N) is 1. The SMILES string of the molecule is Nc1cc(Cl)c(F)cc1Nc1ccc(Br)cc1Cl. The zero-order chi connectivity index (χ0) is 13.3. The lowest BCUT2D eigenvalue weighted by Gasteiger charge is -2.11. The molecule has 6 heteroatoms. The summed E-state index contributed by atoms with van der Waals surface area (Å²) in [7, 11) is 0. The fourth-order valence-electron chi connectivity index (χ4n) is 1.41. The summed E-state index contributed by atoms with van der Waals surface area (Å²) in [6.07, 6.45) is 0. The second kappa shape index (κ2) is 5.34. The largest absolute Gasteiger partial charge is 0.397 e. The summed E-state index contributed by atoms with van der Waals surface area (Å²) in [5.74, 6) is -0.540. The Balaban J connectivity index is 2.37. The van der Waals surface area contributed by atoms with Crippen LogP contribution < -0.4 is 11.1 Å². The number of nitrogens with one attached hydrogen (secondary N) is 1. The molecule has 2 nitrogen and oxygen atoms in total. The van der Waals surface area contributed by atoms with Gasteiger partial charge in [-0.05, 0) is 24.3 Å². The van der Waals surface area contributed by atoms with E-state index in [0.717, 1.165) is 4.47 Å². The number of nitrogen functional groups attached to an aromatic ring is 1. The standard InChI is InChI=1S/C12H8BrCl2FN2/c13-6-1-2-11(8(15)3-6)18-12-5-9(16)7(14)4-10(12)17/h1-5,18H,17H2. The van der Waals surface area contributed by atoms with Crippen molar-refractivity contribution in [2.24, 2.45) is 0 Å². The van der Waals surface area contributed by atoms with E-state index in [-0.39, 0.29) is 5.02 Å². The molecular weight excluding hydrogens is 342 g/mol. The van der Waals surface area contributed by atoms with Crippen LogP contribution in [0.4, 0.5) is 21.5 Å². The number of anilines is 3. The number of hydrogen-bond donors (Lipinski definition) is 2. The van der Waals surface area contributed by atoms with Gasteiger partial charge in [0.2, 0.25) is 0 Å². The number of benzene rings is 2. The number of rotatable bonds is 2. The van der Waals surface area contributed by atoms with E-state index in [1.807, 2.05) is 6.07 Å². The average Bonchev–Trinajstić information content (AvgIpc) is 2.29. The summed E-state index contributed by atoms with van der Waals surface area (Å²) in [5.41, 5.74) is 7.15. The third-order valence-electron chi connectivity index (χ3n) is 2.29. The molecule has 2 rings (SSSR count). The van der Waals surface area contributed by atoms with Gasteiger partial charge in [-0.2, -0.15) is 0 Å². The molecule has 2 aromatic rings. The molecule has 0 bridgehead atoms. The highest BCUT2D eigenvalue weighted by Gasteiger charge is 2.08. The highest BCUT2D eigenvalue weighted by Crippen LogP contribution is 2.32. The summed E-state index contributed by atoms with van der Waals surface area (Å²) < 4.78 is 14.2. The molecule has 0 aliphatic carbocycles. The van der Waals surface area contributed by atoms with Gasteiger partial charge in [0.15, 0.2) is 0 Å². The lowest BCUT2D eigenvalue weighted by Crippen LogP contribution is -1.98. The first-order valence-electron chi connectivity index (χ1n) is 4.94. The fourth-order valence-corrected chi connectivity index (χ4v) is 2.30. The number of hydrogen-bond acceptors (Lipinski definition) is 2. The highest BCUT2D eigenvalue weighted by molar-refractivity contribution is 9.10. The molecule has 94 valence electrons. The molecule has 0 aromatic heterocycles. The molecule has 0 aliphatic rings. The fraction of sp³-hybridized carbons (Fsp3) is 0. The lowest BCUT2D eigenvalue weighted by atomic mass is 10.2. The highest BCUT2D eigenvalue weighted by atomic mass is 79.9. The molecule has 0 saturated carbocycles. The van der Waals surface area contributed by atoms with Crippen LogP contribution in [0.3, 0.4) is 0 Å². The van der Waals surface area contributed by atoms with Crippen molar-refractivity contribution in [3.63, 3.8) is 0 Å². The molecule has 0 heterocycles. The van der Waals surface area contributed by atoms with E-state index in [9.17, 15) is 4.39 Å². The van der Waals surface area contributed by atoms with Gasteiger partial charge in [-0.3, -0.25) is 0 Å². The Hall–Kier alpha value is -0.970. The summed E-state index contributed by atoms with van der Waals surface area (Å²) in [6.45, 7) is 0. The van der Waals surface area contributed by atoms with Crippen LogP contribution in [0.15, 0.2) is 34.8 Å². The molecule has 0 spiro atoms. The molecule has 0 atom stereocenters. The van der Waals surface area contributed by atoms with Gasteiger partial charge in [-0.15, -0.1) is 0 Å². The third-order valence-corrected chi connectivity index (χ3v) is 3.39. The maximum Gasteiger partial charge on any atom is 0.144 e. The minimum atomic E-state index is -0.540. The Bertz CT molecular complexity index is 605. The van der Waals surface area contributed by atoms with Crippen LogP contribution >= 0.6 is 39.1 Å². The quantitative estimate of drug-likeness (QED) is 0.729. The average molecular weight is 350 g/mol. The van der Waals surface area contributed by atoms with Crippen molar-refractivity contribution in [3.8, 4) is 0 Å². The predicted octanol–water partition coefficient (Wildman–Crippen LogP) is 5.22. The van der Waals surface area contributed by atoms with Crippen molar-refractivity contribution >= 4 is 56.2 Å². The van der Waals surface area contributed by atoms with Crippen LogP contribution in [0.5, 0.6) is 0 Å². The van der Waals surface area contributed by atoms with Crippen molar-refractivity contribution in [3.05, 3.63) is 50.7 Å². The zero-order valence-electron chi connectivity index (χ0n) is 8.98. The Morgan fingerprint density at radius 2 is 1.78 bits per heavy atom. The molecule has 3 N–H and O–H groups in total. The molecule has 0 fully saturated rings. The monoisotopic (exact) mass is 348 g/mol. The van der Waals surface area contributed by atoms with Crippen LogP contribution in [0.2, 0.25) is 10.0 Å². The Kier molecular flexibility index (Phi) is 4.00. The molecular formula is C12H8BrCl2FN2. The smallest absolute Gasteiger partial charge is 0.144 e. The third kappa shape index (κ3) is 2.88. The summed E-state index contributed by atoms with van der Waals surface area (Å²) in [6, 6.07) is 7.89. The van der Waals surface area contributed by atoms with Crippen molar-refractivity contribution in [2.75, 3.05) is 11.1 Å². The first kappa shape index (κ1) is 13.5. The predicted molar refractivity (Wildman–Crippen MR) is 78.3 cm³/mol. The Labute approximate surface area is 122 Å². The maximum absolute atomic E-state index is 13.4. The lowest BCUT2D eigenvalue weighted by molar-refractivity contribution is 0.629. The Morgan fingerprint density at radius 1 is 1.06 bits per heavy atom. The van der Waals surface area contributed by atoms with Gasteiger partial charge in [-0.25, -0.2) is 4.39 Å². The molecule has 2 aromatic carbocycles. The second-order valence-electron chi connectivity index (χ2n) is 3.60. The molecule has 18 heavy (non-hydrogen) atoms. The normalized spacial score (nSPS) is 10.4. The van der Waals surface area contributed by atoms with Gasteiger partial charge in [0.1, 0.15) is 5.82 Å². The second-order valence-corrected chi connectivity index (χ2v) is 5.33. The van der Waals surface area contributed by atoms with E-state index < -0.39 is 5.82 Å². The van der Waals surface area contributed by atoms with Gasteiger partial charge >= 0.3 is 0 Å². The molecule has 0 amide bonds. The molecule has 0 unspecified atom stereocenters. The van der Waals surface area contributed by atoms with Crippen molar-refractivity contribution in [2.45, 2.75) is 0 Å². The molecule has 0 radical (unpaired) electrons. The van der Waals surface area contributed by atoms with Gasteiger partial charge in [0.25, 0.3) is 0 Å². The van der Waals surface area contributed by atoms with Gasteiger partial charge in [0, 0.05) is 10.5 Å². The molecule has 0 aliphatic heterocycles. The minimum Gasteiger partial charge on any atom is -0.397 e. The van der Waals surface area contributed by atoms with Gasteiger partial charge < -0.3 is 11.1 Å². The summed E-state index contributed by atoms with van der Waals surface area (Å²) >= 11 is 15.0. The van der Waals surface area contributed by atoms with Crippen molar-refractivity contribution in [1.82, 2.24) is 0 Å². The van der Waals surface area contributed by atoms with E-state index in [1.54, 1.807) is 12.1 Å². The Morgan fingerprint density at radius 3 is 2.44 bits per heavy atom. The summed E-state index contributed by atoms with van der Waals surface area (Å²) in [5, 5.41) is 3.44. The number of halogens is 4. The van der Waals surface area contributed by atoms with E-state index >= 15 is 0 Å². The van der Waals surface area contributed by atoms with Gasteiger partial charge in [-0.1, -0.05) is 39.1 Å². The van der Waals surface area contributed by atoms with Crippen LogP contribution in [0.1, 0.15) is 0 Å². The maximum atomic E-state index is 13.4. The van der Waals surface area contributed by atoms with E-state index in [2.05, 4.69) is 21.2 Å². The van der Waals surface area contributed by atoms with Crippen molar-refractivity contribution in [1.29, 1.82) is 0 Å². The van der Waals surface area contributed by atoms with E-state index in [4.69, 9.17) is 28.9 Å². The first-order chi connectivity index (χ1) is 8.47. The topological polar surface area (TPSA) is 38.0 Å². The van der Waals surface area contributed by atoms with Crippen LogP contribution in [0.25, 0.3) is 0 Å². The van der Waals surface area contributed by atoms with Crippen molar-refractivity contribution < 1.29 is 4.39 Å². The zero-order valence-corrected chi connectivity index (χ0v) is 12.1. The van der Waals surface area contributed by atoms with Gasteiger partial charge in [0.05, 0.1) is 27.1 Å². The first-order valence-corrected chi connectivity index (χ1v) is 6.49.